The molecule has 10 nitrogen and oxygen atoms in total. The van der Waals surface area contributed by atoms with Crippen LogP contribution in [0.25, 0.3) is 22.4 Å². The van der Waals surface area contributed by atoms with Gasteiger partial charge in [-0.3, -0.25) is 14.4 Å². The molecular formula is C25H25N3O7S. The normalized spacial score (nSPS) is 11.2. The molecule has 2 aromatic heterocycles. The molecule has 0 amide bonds. The zero-order valence-electron chi connectivity index (χ0n) is 20.3. The van der Waals surface area contributed by atoms with E-state index in [0.29, 0.717) is 26.8 Å². The fourth-order valence-electron chi connectivity index (χ4n) is 3.08. The number of aliphatic carboxylic acids is 1. The Morgan fingerprint density at radius 3 is 2.31 bits per heavy atom. The lowest BCUT2D eigenvalue weighted by atomic mass is 10.2. The lowest BCUT2D eigenvalue weighted by Crippen LogP contribution is -2.23. The first-order valence-corrected chi connectivity index (χ1v) is 11.6. The fraction of sp³-hybridized carbons (Fsp3) is 0.240. The van der Waals surface area contributed by atoms with Gasteiger partial charge in [0.05, 0.1) is 17.7 Å². The molecule has 0 spiro atoms. The zero-order chi connectivity index (χ0) is 26.4. The number of hydrogen-bond acceptors (Lipinski definition) is 9. The van der Waals surface area contributed by atoms with Crippen LogP contribution in [0.2, 0.25) is 0 Å². The van der Waals surface area contributed by atoms with Gasteiger partial charge in [-0.05, 0) is 61.9 Å². The number of carboxylic acid groups (broad SMARTS) is 1. The van der Waals surface area contributed by atoms with Gasteiger partial charge in [-0.15, -0.1) is 5.10 Å². The number of methoxy groups -OCH3 is 1. The van der Waals surface area contributed by atoms with Crippen LogP contribution in [0, 0.1) is 0 Å². The summed E-state index contributed by atoms with van der Waals surface area (Å²) < 4.78 is 17.8. The second-order valence-corrected chi connectivity index (χ2v) is 8.77. The van der Waals surface area contributed by atoms with Crippen LogP contribution in [0.1, 0.15) is 33.3 Å². The summed E-state index contributed by atoms with van der Waals surface area (Å²) in [5.74, 6) is 0.680. The van der Waals surface area contributed by atoms with E-state index in [1.165, 1.54) is 29.9 Å². The first kappa shape index (κ1) is 26.4. The van der Waals surface area contributed by atoms with Gasteiger partial charge in [-0.2, -0.15) is 9.50 Å². The van der Waals surface area contributed by atoms with Gasteiger partial charge in [0.2, 0.25) is 4.96 Å². The average Bonchev–Trinajstić information content (AvgIpc) is 3.33. The van der Waals surface area contributed by atoms with Crippen molar-refractivity contribution >= 4 is 34.3 Å². The maximum Gasteiger partial charge on any atom is 0.308 e. The predicted molar refractivity (Wildman–Crippen MR) is 135 cm³/mol. The van der Waals surface area contributed by atoms with Crippen molar-refractivity contribution in [3.05, 3.63) is 62.9 Å². The van der Waals surface area contributed by atoms with Crippen molar-refractivity contribution in [3.8, 4) is 28.6 Å². The number of thiazole rings is 1. The van der Waals surface area contributed by atoms with Crippen LogP contribution in [0.4, 0.5) is 0 Å². The largest absolute Gasteiger partial charge is 0.493 e. The highest BCUT2D eigenvalue weighted by atomic mass is 32.1. The van der Waals surface area contributed by atoms with Crippen LogP contribution in [0.3, 0.4) is 0 Å². The Balaban J connectivity index is 0.000000840. The molecule has 2 heterocycles. The van der Waals surface area contributed by atoms with Crippen LogP contribution in [0.15, 0.2) is 47.3 Å². The first-order valence-electron chi connectivity index (χ1n) is 10.8. The van der Waals surface area contributed by atoms with Gasteiger partial charge in [-0.25, -0.2) is 0 Å². The van der Waals surface area contributed by atoms with E-state index >= 15 is 0 Å². The lowest BCUT2D eigenvalue weighted by Gasteiger charge is -2.09. The maximum atomic E-state index is 12.8. The summed E-state index contributed by atoms with van der Waals surface area (Å²) in [6.45, 7) is 6.33. The summed E-state index contributed by atoms with van der Waals surface area (Å²) in [6, 6.07) is 12.5. The van der Waals surface area contributed by atoms with Crippen LogP contribution in [0.5, 0.6) is 17.2 Å². The SMILES string of the molecule is CC(=O)O.COc1cc(/C=c2\sc3nc(-c4ccc(OC(C)C)cc4)nn3c2=O)ccc1OC(C)=O. The minimum atomic E-state index is -0.833. The van der Waals surface area contributed by atoms with Crippen LogP contribution >= 0.6 is 11.3 Å². The number of nitrogens with zero attached hydrogens (tertiary/aromatic N) is 3. The van der Waals surface area contributed by atoms with Gasteiger partial charge in [0.1, 0.15) is 5.75 Å². The molecule has 1 N–H and O–H groups in total. The van der Waals surface area contributed by atoms with Crippen molar-refractivity contribution in [2.75, 3.05) is 7.11 Å². The standard InChI is InChI=1S/C23H21N3O5S.C2H4O2/c1-13(2)30-17-8-6-16(7-9-17)21-24-23-26(25-21)22(28)20(32-23)12-15-5-10-18(31-14(3)27)19(11-15)29-4;1-2(3)4/h5-13H,1-4H3;1H3,(H,3,4)/b20-12-;. The molecule has 4 rings (SSSR count). The molecule has 0 saturated carbocycles. The summed E-state index contributed by atoms with van der Waals surface area (Å²) in [6.07, 6.45) is 1.81. The summed E-state index contributed by atoms with van der Waals surface area (Å²) in [7, 11) is 1.48. The van der Waals surface area contributed by atoms with Crippen molar-refractivity contribution in [1.82, 2.24) is 14.6 Å². The molecule has 188 valence electrons. The molecule has 0 radical (unpaired) electrons. The molecule has 0 aliphatic carbocycles. The highest BCUT2D eigenvalue weighted by Crippen LogP contribution is 2.28. The van der Waals surface area contributed by atoms with Crippen molar-refractivity contribution in [3.63, 3.8) is 0 Å². The summed E-state index contributed by atoms with van der Waals surface area (Å²) in [5, 5.41) is 11.8. The molecule has 0 bridgehead atoms. The number of fused-ring (bicyclic) bond motifs is 1. The highest BCUT2D eigenvalue weighted by Gasteiger charge is 2.13. The van der Waals surface area contributed by atoms with Gasteiger partial charge in [0.25, 0.3) is 11.5 Å². The second kappa shape index (κ2) is 11.5. The van der Waals surface area contributed by atoms with E-state index < -0.39 is 11.9 Å². The molecule has 36 heavy (non-hydrogen) atoms. The second-order valence-electron chi connectivity index (χ2n) is 7.76. The van der Waals surface area contributed by atoms with Gasteiger partial charge in [0.15, 0.2) is 17.3 Å². The Labute approximate surface area is 210 Å². The molecule has 0 aliphatic heterocycles. The molecular weight excluding hydrogens is 486 g/mol. The van der Waals surface area contributed by atoms with E-state index in [-0.39, 0.29) is 11.7 Å². The molecule has 0 fully saturated rings. The van der Waals surface area contributed by atoms with Crippen molar-refractivity contribution in [2.45, 2.75) is 33.8 Å². The van der Waals surface area contributed by atoms with E-state index in [9.17, 15) is 9.59 Å². The number of benzene rings is 2. The van der Waals surface area contributed by atoms with Gasteiger partial charge in [-0.1, -0.05) is 17.4 Å². The van der Waals surface area contributed by atoms with E-state index in [0.717, 1.165) is 23.8 Å². The minimum absolute atomic E-state index is 0.0902. The number of carbonyl (C=O) groups is 2. The predicted octanol–water partition coefficient (Wildman–Crippen LogP) is 3.18. The highest BCUT2D eigenvalue weighted by molar-refractivity contribution is 7.15. The Kier molecular flexibility index (Phi) is 8.38. The number of rotatable bonds is 6. The molecule has 11 heteroatoms. The number of ether oxygens (including phenoxy) is 3. The third-order valence-electron chi connectivity index (χ3n) is 4.41. The number of carbonyl (C=O) groups excluding carboxylic acids is 1. The Bertz CT molecular complexity index is 1490. The topological polar surface area (TPSA) is 129 Å². The Morgan fingerprint density at radius 1 is 1.08 bits per heavy atom. The van der Waals surface area contributed by atoms with E-state index in [4.69, 9.17) is 24.1 Å². The maximum absolute atomic E-state index is 12.8. The fourth-order valence-corrected chi connectivity index (χ4v) is 3.98. The quantitative estimate of drug-likeness (QED) is 0.306. The Morgan fingerprint density at radius 2 is 1.75 bits per heavy atom. The van der Waals surface area contributed by atoms with Gasteiger partial charge >= 0.3 is 5.97 Å². The monoisotopic (exact) mass is 511 g/mol. The molecule has 0 atom stereocenters. The summed E-state index contributed by atoms with van der Waals surface area (Å²) >= 11 is 1.24. The molecule has 2 aromatic carbocycles. The van der Waals surface area contributed by atoms with Gasteiger partial charge < -0.3 is 19.3 Å². The number of carboxylic acids is 1. The first-order chi connectivity index (χ1) is 17.1. The van der Waals surface area contributed by atoms with Crippen LogP contribution in [-0.4, -0.2) is 44.9 Å². The third kappa shape index (κ3) is 6.66. The van der Waals surface area contributed by atoms with Crippen molar-refractivity contribution < 1.29 is 28.9 Å². The van der Waals surface area contributed by atoms with Crippen LogP contribution < -0.4 is 24.3 Å². The zero-order valence-corrected chi connectivity index (χ0v) is 21.2. The average molecular weight is 512 g/mol. The summed E-state index contributed by atoms with van der Waals surface area (Å²) in [4.78, 5) is 38.1. The van der Waals surface area contributed by atoms with E-state index in [2.05, 4.69) is 10.1 Å². The van der Waals surface area contributed by atoms with Gasteiger partial charge in [0, 0.05) is 19.4 Å². The number of hydrogen-bond donors (Lipinski definition) is 1. The summed E-state index contributed by atoms with van der Waals surface area (Å²) in [5.41, 5.74) is 1.26. The minimum Gasteiger partial charge on any atom is -0.493 e. The number of esters is 1. The van der Waals surface area contributed by atoms with E-state index in [1.54, 1.807) is 24.3 Å². The third-order valence-corrected chi connectivity index (χ3v) is 5.36. The van der Waals surface area contributed by atoms with Crippen molar-refractivity contribution in [1.29, 1.82) is 0 Å². The molecule has 0 aliphatic rings. The van der Waals surface area contributed by atoms with E-state index in [1.807, 2.05) is 38.1 Å². The Hall–Kier alpha value is -4.25. The molecule has 0 saturated heterocycles. The van der Waals surface area contributed by atoms with Crippen LogP contribution in [-0.2, 0) is 9.59 Å². The van der Waals surface area contributed by atoms with Crippen molar-refractivity contribution in [2.24, 2.45) is 0 Å². The number of aromatic nitrogens is 3. The smallest absolute Gasteiger partial charge is 0.308 e. The molecule has 0 unspecified atom stereocenters. The lowest BCUT2D eigenvalue weighted by molar-refractivity contribution is -0.134. The molecule has 4 aromatic rings.